The van der Waals surface area contributed by atoms with Crippen LogP contribution in [0.1, 0.15) is 40.9 Å². The van der Waals surface area contributed by atoms with E-state index in [0.717, 1.165) is 34.9 Å². The molecular formula is C23H20F4N2O6. The maximum Gasteiger partial charge on any atom is 0.573 e. The Morgan fingerprint density at radius 3 is 2.31 bits per heavy atom. The summed E-state index contributed by atoms with van der Waals surface area (Å²) in [5.41, 5.74) is 0.231. The van der Waals surface area contributed by atoms with Crippen LogP contribution in [-0.2, 0) is 9.59 Å². The topological polar surface area (TPSA) is 118 Å². The number of aromatic nitrogens is 1. The van der Waals surface area contributed by atoms with Gasteiger partial charge in [0.15, 0.2) is 11.6 Å². The molecule has 1 atom stereocenters. The van der Waals surface area contributed by atoms with Crippen molar-refractivity contribution in [3.8, 4) is 11.5 Å². The second kappa shape index (κ2) is 9.65. The predicted molar refractivity (Wildman–Crippen MR) is 115 cm³/mol. The maximum atomic E-state index is 15.0. The molecule has 3 aromatic rings. The summed E-state index contributed by atoms with van der Waals surface area (Å²) in [6.45, 7) is 2.71. The first-order valence-electron chi connectivity index (χ1n) is 10.2. The minimum Gasteiger partial charge on any atom is -0.505 e. The molecule has 35 heavy (non-hydrogen) atoms. The van der Waals surface area contributed by atoms with E-state index >= 15 is 4.39 Å². The fourth-order valence-electron chi connectivity index (χ4n) is 3.78. The molecule has 12 heteroatoms. The molecule has 0 aliphatic carbocycles. The van der Waals surface area contributed by atoms with Crippen LogP contribution in [0.15, 0.2) is 36.4 Å². The highest BCUT2D eigenvalue weighted by Gasteiger charge is 2.32. The number of nitrogens with zero attached hydrogens (tertiary/aromatic N) is 1. The van der Waals surface area contributed by atoms with Crippen LogP contribution in [-0.4, -0.2) is 45.5 Å². The Bertz CT molecular complexity index is 1300. The van der Waals surface area contributed by atoms with Crippen molar-refractivity contribution in [2.75, 3.05) is 6.54 Å². The van der Waals surface area contributed by atoms with Crippen LogP contribution >= 0.6 is 0 Å². The van der Waals surface area contributed by atoms with E-state index in [-0.39, 0.29) is 40.7 Å². The first-order valence-corrected chi connectivity index (χ1v) is 10.2. The van der Waals surface area contributed by atoms with Gasteiger partial charge in [0.25, 0.3) is 5.91 Å². The van der Waals surface area contributed by atoms with Gasteiger partial charge in [0, 0.05) is 23.2 Å². The van der Waals surface area contributed by atoms with Crippen LogP contribution in [0.3, 0.4) is 0 Å². The zero-order valence-electron chi connectivity index (χ0n) is 18.4. The average Bonchev–Trinajstić information content (AvgIpc) is 3.06. The minimum absolute atomic E-state index is 0.0265. The number of rotatable bonds is 7. The van der Waals surface area contributed by atoms with Gasteiger partial charge in [-0.25, -0.2) is 4.39 Å². The molecule has 0 aliphatic heterocycles. The van der Waals surface area contributed by atoms with Crippen molar-refractivity contribution in [2.45, 2.75) is 32.5 Å². The van der Waals surface area contributed by atoms with Crippen molar-refractivity contribution in [1.29, 1.82) is 0 Å². The molecule has 0 radical (unpaired) electrons. The van der Waals surface area contributed by atoms with Crippen molar-refractivity contribution in [3.63, 3.8) is 0 Å². The quantitative estimate of drug-likeness (QED) is 0.425. The molecule has 1 aromatic heterocycles. The highest BCUT2D eigenvalue weighted by atomic mass is 19.4. The van der Waals surface area contributed by atoms with Gasteiger partial charge < -0.3 is 20.3 Å². The second-order valence-corrected chi connectivity index (χ2v) is 7.66. The highest BCUT2D eigenvalue weighted by molar-refractivity contribution is 6.05. The van der Waals surface area contributed by atoms with Gasteiger partial charge in [-0.3, -0.25) is 19.0 Å². The first kappa shape index (κ1) is 25.5. The SMILES string of the molecule is Cc1c(C(C)C(=O)NCCC(=O)O)c2c(F)c(O)ccc2n1C(=O)c1ccc(OC(F)(F)F)cc1. The van der Waals surface area contributed by atoms with Crippen LogP contribution in [0, 0.1) is 12.7 Å². The van der Waals surface area contributed by atoms with E-state index in [1.54, 1.807) is 0 Å². The molecule has 3 N–H and O–H groups in total. The largest absolute Gasteiger partial charge is 0.573 e. The summed E-state index contributed by atoms with van der Waals surface area (Å²) in [6.07, 6.45) is -5.24. The number of hydrogen-bond donors (Lipinski definition) is 3. The summed E-state index contributed by atoms with van der Waals surface area (Å²) < 4.78 is 57.1. The number of amides is 1. The highest BCUT2D eigenvalue weighted by Crippen LogP contribution is 2.37. The first-order chi connectivity index (χ1) is 16.3. The normalized spacial score (nSPS) is 12.4. The number of halogens is 4. The lowest BCUT2D eigenvalue weighted by Gasteiger charge is -2.14. The van der Waals surface area contributed by atoms with Crippen molar-refractivity contribution >= 4 is 28.7 Å². The molecule has 0 bridgehead atoms. The van der Waals surface area contributed by atoms with Gasteiger partial charge in [-0.1, -0.05) is 0 Å². The van der Waals surface area contributed by atoms with E-state index in [9.17, 15) is 32.7 Å². The summed E-state index contributed by atoms with van der Waals surface area (Å²) >= 11 is 0. The van der Waals surface area contributed by atoms with Crippen molar-refractivity contribution in [2.24, 2.45) is 0 Å². The summed E-state index contributed by atoms with van der Waals surface area (Å²) in [7, 11) is 0. The number of ether oxygens (including phenoxy) is 1. The fourth-order valence-corrected chi connectivity index (χ4v) is 3.78. The third-order valence-electron chi connectivity index (χ3n) is 5.34. The smallest absolute Gasteiger partial charge is 0.505 e. The zero-order chi connectivity index (χ0) is 26.1. The standard InChI is InChI=1S/C23H20F4N2O6/c1-11(21(33)28-10-9-17(31)32)18-12(2)29(15-7-8-16(30)20(24)19(15)18)22(34)13-3-5-14(6-4-13)35-23(25,26)27/h3-8,11,30H,9-10H2,1-2H3,(H,28,33)(H,31,32). The van der Waals surface area contributed by atoms with E-state index in [1.807, 2.05) is 0 Å². The van der Waals surface area contributed by atoms with E-state index < -0.39 is 47.4 Å². The minimum atomic E-state index is -4.91. The number of carboxylic acids is 1. The number of carboxylic acid groups (broad SMARTS) is 1. The van der Waals surface area contributed by atoms with Crippen LogP contribution < -0.4 is 10.1 Å². The van der Waals surface area contributed by atoms with Gasteiger partial charge >= 0.3 is 12.3 Å². The van der Waals surface area contributed by atoms with Crippen molar-refractivity contribution < 1.29 is 46.9 Å². The summed E-state index contributed by atoms with van der Waals surface area (Å²) in [4.78, 5) is 36.6. The molecule has 186 valence electrons. The van der Waals surface area contributed by atoms with Gasteiger partial charge in [-0.15, -0.1) is 13.2 Å². The van der Waals surface area contributed by atoms with Crippen molar-refractivity contribution in [1.82, 2.24) is 9.88 Å². The van der Waals surface area contributed by atoms with Gasteiger partial charge in [0.2, 0.25) is 5.91 Å². The third kappa shape index (κ3) is 5.36. The maximum absolute atomic E-state index is 15.0. The molecule has 0 saturated carbocycles. The number of phenols is 1. The molecule has 0 spiro atoms. The Labute approximate surface area is 195 Å². The predicted octanol–water partition coefficient (Wildman–Crippen LogP) is 4.08. The van der Waals surface area contributed by atoms with Crippen LogP contribution in [0.2, 0.25) is 0 Å². The molecule has 2 aromatic carbocycles. The number of nitrogens with one attached hydrogen (secondary N) is 1. The van der Waals surface area contributed by atoms with Crippen molar-refractivity contribution in [3.05, 3.63) is 59.0 Å². The number of phenolic OH excluding ortho intramolecular Hbond substituents is 1. The van der Waals surface area contributed by atoms with Crippen LogP contribution in [0.25, 0.3) is 10.9 Å². The number of benzene rings is 2. The Kier molecular flexibility index (Phi) is 7.04. The number of carbonyl (C=O) groups is 3. The second-order valence-electron chi connectivity index (χ2n) is 7.66. The lowest BCUT2D eigenvalue weighted by atomic mass is 9.96. The monoisotopic (exact) mass is 496 g/mol. The van der Waals surface area contributed by atoms with Crippen LogP contribution in [0.4, 0.5) is 17.6 Å². The Morgan fingerprint density at radius 2 is 1.74 bits per heavy atom. The van der Waals surface area contributed by atoms with Crippen LogP contribution in [0.5, 0.6) is 11.5 Å². The molecule has 1 heterocycles. The molecular weight excluding hydrogens is 476 g/mol. The molecule has 8 nitrogen and oxygen atoms in total. The van der Waals surface area contributed by atoms with Gasteiger partial charge in [0.05, 0.1) is 17.9 Å². The molecule has 0 fully saturated rings. The average molecular weight is 496 g/mol. The van der Waals surface area contributed by atoms with E-state index in [0.29, 0.717) is 0 Å². The number of carbonyl (C=O) groups excluding carboxylic acids is 2. The van der Waals surface area contributed by atoms with Gasteiger partial charge in [-0.2, -0.15) is 0 Å². The Hall–Kier alpha value is -4.09. The Balaban J connectivity index is 2.06. The summed E-state index contributed by atoms with van der Waals surface area (Å²) in [5.74, 6) is -5.83. The lowest BCUT2D eigenvalue weighted by molar-refractivity contribution is -0.274. The van der Waals surface area contributed by atoms with E-state index in [4.69, 9.17) is 5.11 Å². The number of aromatic hydroxyl groups is 1. The molecule has 0 saturated heterocycles. The zero-order valence-corrected chi connectivity index (χ0v) is 18.4. The van der Waals surface area contributed by atoms with Gasteiger partial charge in [0.1, 0.15) is 5.75 Å². The third-order valence-corrected chi connectivity index (χ3v) is 5.34. The molecule has 1 amide bonds. The van der Waals surface area contributed by atoms with E-state index in [2.05, 4.69) is 10.1 Å². The molecule has 3 rings (SSSR count). The summed E-state index contributed by atoms with van der Waals surface area (Å²) in [5, 5.41) is 20.9. The summed E-state index contributed by atoms with van der Waals surface area (Å²) in [6, 6.07) is 6.42. The lowest BCUT2D eigenvalue weighted by Crippen LogP contribution is -2.30. The molecule has 0 aliphatic rings. The number of aliphatic carboxylic acids is 1. The van der Waals surface area contributed by atoms with E-state index in [1.165, 1.54) is 19.9 Å². The number of alkyl halides is 3. The Morgan fingerprint density at radius 1 is 1.11 bits per heavy atom. The number of fused-ring (bicyclic) bond motifs is 1. The number of hydrogen-bond acceptors (Lipinski definition) is 5. The fraction of sp³-hybridized carbons (Fsp3) is 0.261. The van der Waals surface area contributed by atoms with Gasteiger partial charge in [-0.05, 0) is 55.8 Å². The molecule has 1 unspecified atom stereocenters.